The number of carboxylic acid groups (broad SMARTS) is 1. The van der Waals surface area contributed by atoms with Gasteiger partial charge in [-0.2, -0.15) is 0 Å². The molecule has 1 heterocycles. The first-order valence-electron chi connectivity index (χ1n) is 3.15. The molecule has 0 bridgehead atoms. The Morgan fingerprint density at radius 2 is 2.18 bits per heavy atom. The predicted molar refractivity (Wildman–Crippen MR) is 38.5 cm³/mol. The lowest BCUT2D eigenvalue weighted by Gasteiger charge is -1.98. The molecular weight excluding hydrogens is 144 g/mol. The zero-order valence-electron chi connectivity index (χ0n) is 6.33. The highest BCUT2D eigenvalue weighted by Crippen LogP contribution is 2.02. The fraction of sp³-hybridized carbons (Fsp3) is 0.286. The number of aromatic carboxylic acids is 1. The molecule has 0 radical (unpaired) electrons. The lowest BCUT2D eigenvalue weighted by atomic mass is 10.2. The Morgan fingerprint density at radius 3 is 2.64 bits per heavy atom. The minimum Gasteiger partial charge on any atom is -0.477 e. The molecule has 0 fully saturated rings. The van der Waals surface area contributed by atoms with Gasteiger partial charge in [-0.25, -0.2) is 14.8 Å². The van der Waals surface area contributed by atoms with Crippen LogP contribution in [0.1, 0.15) is 21.9 Å². The summed E-state index contributed by atoms with van der Waals surface area (Å²) in [7, 11) is 0. The van der Waals surface area contributed by atoms with Crippen LogP contribution in [0.3, 0.4) is 0 Å². The minimum atomic E-state index is -1.01. The number of nitrogens with zero attached hydrogens (tertiary/aromatic N) is 2. The van der Waals surface area contributed by atoms with Crippen molar-refractivity contribution in [2.45, 2.75) is 13.8 Å². The van der Waals surface area contributed by atoms with E-state index >= 15 is 0 Å². The Labute approximate surface area is 63.9 Å². The summed E-state index contributed by atoms with van der Waals surface area (Å²) >= 11 is 0. The Hall–Kier alpha value is -1.45. The van der Waals surface area contributed by atoms with Gasteiger partial charge >= 0.3 is 5.97 Å². The number of carboxylic acids is 1. The van der Waals surface area contributed by atoms with Crippen molar-refractivity contribution in [2.75, 3.05) is 0 Å². The highest BCUT2D eigenvalue weighted by molar-refractivity contribution is 5.86. The van der Waals surface area contributed by atoms with Crippen LogP contribution in [0.15, 0.2) is 6.20 Å². The monoisotopic (exact) mass is 152 g/mol. The van der Waals surface area contributed by atoms with E-state index < -0.39 is 5.97 Å². The fourth-order valence-electron chi connectivity index (χ4n) is 0.747. The number of rotatable bonds is 1. The van der Waals surface area contributed by atoms with E-state index in [9.17, 15) is 4.79 Å². The van der Waals surface area contributed by atoms with Gasteiger partial charge in [0.15, 0.2) is 5.69 Å². The smallest absolute Gasteiger partial charge is 0.354 e. The molecule has 0 aliphatic heterocycles. The average molecular weight is 152 g/mol. The van der Waals surface area contributed by atoms with Crippen molar-refractivity contribution in [2.24, 2.45) is 0 Å². The Balaban J connectivity index is 3.23. The van der Waals surface area contributed by atoms with Gasteiger partial charge in [0.25, 0.3) is 0 Å². The molecule has 4 heteroatoms. The molecule has 0 saturated carbocycles. The normalized spacial score (nSPS) is 9.64. The molecule has 11 heavy (non-hydrogen) atoms. The molecule has 0 aliphatic rings. The number of carbonyl (C=O) groups is 1. The van der Waals surface area contributed by atoms with Crippen LogP contribution in [-0.4, -0.2) is 21.0 Å². The summed E-state index contributed by atoms with van der Waals surface area (Å²) < 4.78 is 0. The number of hydrogen-bond acceptors (Lipinski definition) is 3. The number of aryl methyl sites for hydroxylation is 2. The number of hydrogen-bond donors (Lipinski definition) is 1. The summed E-state index contributed by atoms with van der Waals surface area (Å²) in [6, 6.07) is 0. The van der Waals surface area contributed by atoms with Gasteiger partial charge in [0.2, 0.25) is 0 Å². The van der Waals surface area contributed by atoms with Crippen molar-refractivity contribution in [1.29, 1.82) is 0 Å². The molecule has 1 aromatic rings. The Kier molecular flexibility index (Phi) is 1.85. The summed E-state index contributed by atoms with van der Waals surface area (Å²) in [6.45, 7) is 3.33. The van der Waals surface area contributed by atoms with E-state index in [1.54, 1.807) is 13.8 Å². The molecule has 1 rings (SSSR count). The van der Waals surface area contributed by atoms with E-state index in [4.69, 9.17) is 5.11 Å². The Morgan fingerprint density at radius 1 is 1.55 bits per heavy atom. The molecule has 0 amide bonds. The summed E-state index contributed by atoms with van der Waals surface area (Å²) in [5.41, 5.74) is 0.667. The molecule has 58 valence electrons. The van der Waals surface area contributed by atoms with Crippen molar-refractivity contribution in [3.05, 3.63) is 23.3 Å². The van der Waals surface area contributed by atoms with Crippen LogP contribution in [0.5, 0.6) is 0 Å². The molecule has 0 aliphatic carbocycles. The van der Waals surface area contributed by atoms with Gasteiger partial charge in [0.1, 0.15) is 5.82 Å². The molecule has 4 nitrogen and oxygen atoms in total. The third kappa shape index (κ3) is 1.52. The lowest BCUT2D eigenvalue weighted by molar-refractivity contribution is 0.0689. The van der Waals surface area contributed by atoms with Gasteiger partial charge < -0.3 is 5.11 Å². The van der Waals surface area contributed by atoms with Crippen molar-refractivity contribution in [3.63, 3.8) is 0 Å². The molecule has 1 N–H and O–H groups in total. The first-order chi connectivity index (χ1) is 5.11. The van der Waals surface area contributed by atoms with Crippen LogP contribution in [0.2, 0.25) is 0 Å². The van der Waals surface area contributed by atoms with Crippen LogP contribution >= 0.6 is 0 Å². The SMILES string of the molecule is Cc1ncc(C)c(C(=O)O)n1. The largest absolute Gasteiger partial charge is 0.477 e. The molecule has 1 aromatic heterocycles. The van der Waals surface area contributed by atoms with Gasteiger partial charge in [-0.05, 0) is 13.8 Å². The molecule has 0 atom stereocenters. The van der Waals surface area contributed by atoms with Crippen LogP contribution in [0.25, 0.3) is 0 Å². The third-order valence-electron chi connectivity index (χ3n) is 1.29. The molecule has 0 saturated heterocycles. The van der Waals surface area contributed by atoms with Gasteiger partial charge in [-0.1, -0.05) is 0 Å². The van der Waals surface area contributed by atoms with E-state index in [0.29, 0.717) is 11.4 Å². The van der Waals surface area contributed by atoms with E-state index in [1.165, 1.54) is 6.20 Å². The second-order valence-corrected chi connectivity index (χ2v) is 2.25. The lowest BCUT2D eigenvalue weighted by Crippen LogP contribution is -2.05. The fourth-order valence-corrected chi connectivity index (χ4v) is 0.747. The van der Waals surface area contributed by atoms with E-state index in [1.807, 2.05) is 0 Å². The zero-order chi connectivity index (χ0) is 8.43. The van der Waals surface area contributed by atoms with E-state index in [-0.39, 0.29) is 5.69 Å². The highest BCUT2D eigenvalue weighted by Gasteiger charge is 2.08. The van der Waals surface area contributed by atoms with Crippen molar-refractivity contribution in [3.8, 4) is 0 Å². The summed E-state index contributed by atoms with van der Waals surface area (Å²) in [6.07, 6.45) is 1.51. The topological polar surface area (TPSA) is 63.1 Å². The third-order valence-corrected chi connectivity index (χ3v) is 1.29. The van der Waals surface area contributed by atoms with Gasteiger partial charge in [-0.3, -0.25) is 0 Å². The minimum absolute atomic E-state index is 0.0810. The zero-order valence-corrected chi connectivity index (χ0v) is 6.33. The highest BCUT2D eigenvalue weighted by atomic mass is 16.4. The predicted octanol–water partition coefficient (Wildman–Crippen LogP) is 0.792. The average Bonchev–Trinajstić information content (AvgIpc) is 1.94. The maximum absolute atomic E-state index is 10.5. The first kappa shape index (κ1) is 7.65. The molecule has 0 unspecified atom stereocenters. The van der Waals surface area contributed by atoms with Crippen LogP contribution < -0.4 is 0 Å². The van der Waals surface area contributed by atoms with Gasteiger partial charge in [0, 0.05) is 11.8 Å². The summed E-state index contributed by atoms with van der Waals surface area (Å²) in [5.74, 6) is -0.527. The van der Waals surface area contributed by atoms with Crippen LogP contribution in [0.4, 0.5) is 0 Å². The summed E-state index contributed by atoms with van der Waals surface area (Å²) in [5, 5.41) is 8.60. The van der Waals surface area contributed by atoms with E-state index in [2.05, 4.69) is 9.97 Å². The van der Waals surface area contributed by atoms with Gasteiger partial charge in [0.05, 0.1) is 0 Å². The van der Waals surface area contributed by atoms with Gasteiger partial charge in [-0.15, -0.1) is 0 Å². The summed E-state index contributed by atoms with van der Waals surface area (Å²) in [4.78, 5) is 18.1. The van der Waals surface area contributed by atoms with Crippen molar-refractivity contribution >= 4 is 5.97 Å². The standard InChI is InChI=1S/C7H8N2O2/c1-4-3-8-5(2)9-6(4)7(10)11/h3H,1-2H3,(H,10,11). The first-order valence-corrected chi connectivity index (χ1v) is 3.15. The maximum Gasteiger partial charge on any atom is 0.354 e. The van der Waals surface area contributed by atoms with E-state index in [0.717, 1.165) is 0 Å². The number of aromatic nitrogens is 2. The Bertz CT molecular complexity index is 296. The second kappa shape index (κ2) is 2.65. The van der Waals surface area contributed by atoms with Crippen LogP contribution in [-0.2, 0) is 0 Å². The molecule has 0 spiro atoms. The quantitative estimate of drug-likeness (QED) is 0.646. The molecular formula is C7H8N2O2. The van der Waals surface area contributed by atoms with Crippen molar-refractivity contribution < 1.29 is 9.90 Å². The molecule has 0 aromatic carbocycles. The second-order valence-electron chi connectivity index (χ2n) is 2.25. The van der Waals surface area contributed by atoms with Crippen molar-refractivity contribution in [1.82, 2.24) is 9.97 Å². The van der Waals surface area contributed by atoms with Crippen LogP contribution in [0, 0.1) is 13.8 Å². The maximum atomic E-state index is 10.5.